The van der Waals surface area contributed by atoms with Gasteiger partial charge in [-0.3, -0.25) is 9.59 Å². The Labute approximate surface area is 114 Å². The molecular weight excluding hydrogens is 244 g/mol. The highest BCUT2D eigenvalue weighted by molar-refractivity contribution is 5.78. The maximum absolute atomic E-state index is 11.9. The maximum atomic E-state index is 11.9. The molecular formula is C14H26N2O3. The highest BCUT2D eigenvalue weighted by Gasteiger charge is 2.35. The van der Waals surface area contributed by atoms with E-state index in [0.717, 1.165) is 19.3 Å². The minimum atomic E-state index is -0.888. The van der Waals surface area contributed by atoms with Gasteiger partial charge in [0.05, 0.1) is 6.42 Å². The van der Waals surface area contributed by atoms with E-state index >= 15 is 0 Å². The lowest BCUT2D eigenvalue weighted by Gasteiger charge is -2.38. The number of carbonyl (C=O) groups excluding carboxylic acids is 1. The molecule has 1 rings (SSSR count). The fourth-order valence-electron chi connectivity index (χ4n) is 2.53. The quantitative estimate of drug-likeness (QED) is 0.684. The van der Waals surface area contributed by atoms with Gasteiger partial charge in [-0.2, -0.15) is 0 Å². The number of rotatable bonds is 6. The molecule has 0 bridgehead atoms. The van der Waals surface area contributed by atoms with Gasteiger partial charge < -0.3 is 16.2 Å². The fourth-order valence-corrected chi connectivity index (χ4v) is 2.53. The number of nitrogens with two attached hydrogens (primary N) is 1. The van der Waals surface area contributed by atoms with Gasteiger partial charge in [0, 0.05) is 18.0 Å². The highest BCUT2D eigenvalue weighted by atomic mass is 16.4. The molecule has 0 aromatic heterocycles. The molecule has 1 unspecified atom stereocenters. The molecule has 0 radical (unpaired) electrons. The number of carboxylic acid groups (broad SMARTS) is 1. The molecule has 0 spiro atoms. The summed E-state index contributed by atoms with van der Waals surface area (Å²) < 4.78 is 0. The van der Waals surface area contributed by atoms with Crippen LogP contribution in [0.4, 0.5) is 0 Å². The monoisotopic (exact) mass is 270 g/mol. The molecule has 0 aliphatic heterocycles. The largest absolute Gasteiger partial charge is 0.481 e. The average Bonchev–Trinajstić information content (AvgIpc) is 2.10. The molecule has 4 N–H and O–H groups in total. The topological polar surface area (TPSA) is 92.4 Å². The maximum Gasteiger partial charge on any atom is 0.305 e. The summed E-state index contributed by atoms with van der Waals surface area (Å²) in [6.07, 6.45) is 3.73. The SMILES string of the molecule is CC(C)(C)CC(CC(=O)O)NC(=O)CC1(N)CCC1. The number of nitrogens with one attached hydrogen (secondary N) is 1. The van der Waals surface area contributed by atoms with Crippen LogP contribution in [-0.2, 0) is 9.59 Å². The molecule has 19 heavy (non-hydrogen) atoms. The molecule has 1 aliphatic rings. The Kier molecular flexibility index (Phi) is 4.96. The van der Waals surface area contributed by atoms with Crippen molar-refractivity contribution in [3.63, 3.8) is 0 Å². The summed E-state index contributed by atoms with van der Waals surface area (Å²) in [7, 11) is 0. The lowest BCUT2D eigenvalue weighted by atomic mass is 9.75. The highest BCUT2D eigenvalue weighted by Crippen LogP contribution is 2.32. The van der Waals surface area contributed by atoms with E-state index in [-0.39, 0.29) is 29.3 Å². The van der Waals surface area contributed by atoms with E-state index in [1.54, 1.807) is 0 Å². The Hall–Kier alpha value is -1.10. The Morgan fingerprint density at radius 2 is 1.95 bits per heavy atom. The Bertz CT molecular complexity index is 343. The van der Waals surface area contributed by atoms with Gasteiger partial charge >= 0.3 is 5.97 Å². The Morgan fingerprint density at radius 1 is 1.37 bits per heavy atom. The second-order valence-corrected chi connectivity index (χ2v) is 7.02. The van der Waals surface area contributed by atoms with Crippen molar-refractivity contribution in [1.82, 2.24) is 5.32 Å². The van der Waals surface area contributed by atoms with Gasteiger partial charge in [-0.05, 0) is 31.1 Å². The molecule has 0 aromatic carbocycles. The Morgan fingerprint density at radius 3 is 2.32 bits per heavy atom. The lowest BCUT2D eigenvalue weighted by molar-refractivity contribution is -0.138. The van der Waals surface area contributed by atoms with E-state index in [9.17, 15) is 9.59 Å². The second-order valence-electron chi connectivity index (χ2n) is 7.02. The number of aliphatic carboxylic acids is 1. The lowest BCUT2D eigenvalue weighted by Crippen LogP contribution is -2.51. The van der Waals surface area contributed by atoms with Crippen molar-refractivity contribution >= 4 is 11.9 Å². The zero-order valence-corrected chi connectivity index (χ0v) is 12.2. The van der Waals surface area contributed by atoms with Crippen molar-refractivity contribution in [2.75, 3.05) is 0 Å². The molecule has 1 fully saturated rings. The van der Waals surface area contributed by atoms with Crippen molar-refractivity contribution in [1.29, 1.82) is 0 Å². The van der Waals surface area contributed by atoms with Crippen molar-refractivity contribution in [2.24, 2.45) is 11.1 Å². The van der Waals surface area contributed by atoms with E-state index in [4.69, 9.17) is 10.8 Å². The number of carbonyl (C=O) groups is 2. The van der Waals surface area contributed by atoms with Crippen LogP contribution in [0.5, 0.6) is 0 Å². The number of hydrogen-bond donors (Lipinski definition) is 3. The van der Waals surface area contributed by atoms with Crippen molar-refractivity contribution in [2.45, 2.75) is 70.9 Å². The molecule has 1 saturated carbocycles. The normalized spacial score (nSPS) is 19.4. The predicted octanol–water partition coefficient (Wildman–Crippen LogP) is 1.65. The third-order valence-electron chi connectivity index (χ3n) is 3.51. The van der Waals surface area contributed by atoms with E-state index in [2.05, 4.69) is 5.32 Å². The van der Waals surface area contributed by atoms with E-state index in [1.165, 1.54) is 0 Å². The van der Waals surface area contributed by atoms with Crippen LogP contribution in [0.25, 0.3) is 0 Å². The molecule has 5 nitrogen and oxygen atoms in total. The first-order chi connectivity index (χ1) is 8.60. The van der Waals surface area contributed by atoms with Crippen LogP contribution in [0.15, 0.2) is 0 Å². The molecule has 0 aromatic rings. The third-order valence-corrected chi connectivity index (χ3v) is 3.51. The first-order valence-corrected chi connectivity index (χ1v) is 6.90. The summed E-state index contributed by atoms with van der Waals surface area (Å²) in [5.74, 6) is -1.02. The molecule has 0 heterocycles. The zero-order valence-electron chi connectivity index (χ0n) is 12.2. The average molecular weight is 270 g/mol. The summed E-state index contributed by atoms with van der Waals surface area (Å²) in [5, 5.41) is 11.7. The van der Waals surface area contributed by atoms with E-state index in [0.29, 0.717) is 12.8 Å². The molecule has 1 amide bonds. The molecule has 5 heteroatoms. The molecule has 0 saturated heterocycles. The van der Waals surface area contributed by atoms with Crippen molar-refractivity contribution < 1.29 is 14.7 Å². The summed E-state index contributed by atoms with van der Waals surface area (Å²) in [5.41, 5.74) is 5.65. The number of hydrogen-bond acceptors (Lipinski definition) is 3. The molecule has 110 valence electrons. The van der Waals surface area contributed by atoms with Crippen LogP contribution in [0.3, 0.4) is 0 Å². The second kappa shape index (κ2) is 5.90. The van der Waals surface area contributed by atoms with Crippen LogP contribution in [0.2, 0.25) is 0 Å². The number of amides is 1. The van der Waals surface area contributed by atoms with Crippen LogP contribution < -0.4 is 11.1 Å². The summed E-state index contributed by atoms with van der Waals surface area (Å²) in [4.78, 5) is 22.8. The zero-order chi connectivity index (χ0) is 14.7. The van der Waals surface area contributed by atoms with Gasteiger partial charge in [0.15, 0.2) is 0 Å². The van der Waals surface area contributed by atoms with Crippen LogP contribution >= 0.6 is 0 Å². The minimum Gasteiger partial charge on any atom is -0.481 e. The van der Waals surface area contributed by atoms with Gasteiger partial charge in [0.2, 0.25) is 5.91 Å². The molecule has 1 atom stereocenters. The van der Waals surface area contributed by atoms with E-state index in [1.807, 2.05) is 20.8 Å². The van der Waals surface area contributed by atoms with Crippen LogP contribution in [0, 0.1) is 5.41 Å². The first kappa shape index (κ1) is 16.0. The van der Waals surface area contributed by atoms with Gasteiger partial charge in [0.1, 0.15) is 0 Å². The predicted molar refractivity (Wildman–Crippen MR) is 73.6 cm³/mol. The van der Waals surface area contributed by atoms with Gasteiger partial charge in [-0.25, -0.2) is 0 Å². The Balaban J connectivity index is 2.50. The summed E-state index contributed by atoms with van der Waals surface area (Å²) in [6.45, 7) is 6.10. The van der Waals surface area contributed by atoms with Crippen molar-refractivity contribution in [3.05, 3.63) is 0 Å². The van der Waals surface area contributed by atoms with Gasteiger partial charge in [-0.1, -0.05) is 20.8 Å². The van der Waals surface area contributed by atoms with Gasteiger partial charge in [0.25, 0.3) is 0 Å². The first-order valence-electron chi connectivity index (χ1n) is 6.90. The minimum absolute atomic E-state index is 0.0235. The van der Waals surface area contributed by atoms with Gasteiger partial charge in [-0.15, -0.1) is 0 Å². The van der Waals surface area contributed by atoms with E-state index < -0.39 is 5.97 Å². The summed E-state index contributed by atoms with van der Waals surface area (Å²) in [6, 6.07) is -0.325. The number of carboxylic acids is 1. The third kappa shape index (κ3) is 6.05. The van der Waals surface area contributed by atoms with Crippen LogP contribution in [0.1, 0.15) is 59.3 Å². The smallest absolute Gasteiger partial charge is 0.305 e. The fraction of sp³-hybridized carbons (Fsp3) is 0.857. The van der Waals surface area contributed by atoms with Crippen LogP contribution in [-0.4, -0.2) is 28.6 Å². The van der Waals surface area contributed by atoms with Crippen molar-refractivity contribution in [3.8, 4) is 0 Å². The standard InChI is InChI=1S/C14H26N2O3/c1-13(2,3)8-10(7-12(18)19)16-11(17)9-14(15)5-4-6-14/h10H,4-9,15H2,1-3H3,(H,16,17)(H,18,19). The molecule has 1 aliphatic carbocycles. The summed E-state index contributed by atoms with van der Waals surface area (Å²) >= 11 is 0.